The normalized spacial score (nSPS) is 17.1. The van der Waals surface area contributed by atoms with Gasteiger partial charge < -0.3 is 24.3 Å². The van der Waals surface area contributed by atoms with Crippen LogP contribution in [0, 0.1) is 20.8 Å². The van der Waals surface area contributed by atoms with Crippen LogP contribution in [0.3, 0.4) is 0 Å². The number of aryl methyl sites for hydroxylation is 1. The number of nitrogens with zero attached hydrogens (tertiary/aromatic N) is 3. The van der Waals surface area contributed by atoms with Crippen LogP contribution in [0.1, 0.15) is 40.3 Å². The number of anilines is 1. The number of hydrogen-bond acceptors (Lipinski definition) is 4. The Morgan fingerprint density at radius 3 is 2.46 bits per heavy atom. The molecule has 0 bridgehead atoms. The van der Waals surface area contributed by atoms with Crippen LogP contribution in [-0.4, -0.2) is 28.9 Å². The zero-order chi connectivity index (χ0) is 26.3. The topological polar surface area (TPSA) is 51.5 Å². The zero-order valence-corrected chi connectivity index (χ0v) is 23.0. The number of thiocarbonyl (C=S) groups is 1. The number of aromatic nitrogens is 2. The van der Waals surface area contributed by atoms with Gasteiger partial charge in [-0.3, -0.25) is 4.98 Å². The second-order valence-electron chi connectivity index (χ2n) is 9.08. The van der Waals surface area contributed by atoms with Gasteiger partial charge in [0.1, 0.15) is 11.5 Å². The van der Waals surface area contributed by atoms with Gasteiger partial charge in [-0.15, -0.1) is 0 Å². The van der Waals surface area contributed by atoms with Crippen LogP contribution in [0.2, 0.25) is 5.02 Å². The molecule has 2 aromatic carbocycles. The number of halogens is 1. The molecule has 1 saturated heterocycles. The highest BCUT2D eigenvalue weighted by Crippen LogP contribution is 2.47. The average molecular weight is 533 g/mol. The molecule has 1 aliphatic heterocycles. The molecule has 37 heavy (non-hydrogen) atoms. The first-order valence-corrected chi connectivity index (χ1v) is 12.8. The van der Waals surface area contributed by atoms with Crippen LogP contribution in [0.15, 0.2) is 66.9 Å². The molecule has 8 heteroatoms. The lowest BCUT2D eigenvalue weighted by Gasteiger charge is -2.29. The number of rotatable bonds is 6. The number of pyridine rings is 1. The van der Waals surface area contributed by atoms with Gasteiger partial charge >= 0.3 is 0 Å². The van der Waals surface area contributed by atoms with Crippen molar-refractivity contribution in [3.05, 3.63) is 100 Å². The van der Waals surface area contributed by atoms with E-state index in [9.17, 15) is 0 Å². The number of methoxy groups -OCH3 is 2. The van der Waals surface area contributed by atoms with Crippen molar-refractivity contribution in [2.45, 2.75) is 32.9 Å². The minimum absolute atomic E-state index is 0.171. The summed E-state index contributed by atoms with van der Waals surface area (Å²) in [5, 5.41) is 4.89. The number of ether oxygens (including phenoxy) is 2. The van der Waals surface area contributed by atoms with Crippen LogP contribution in [0.25, 0.3) is 5.69 Å². The molecule has 1 aliphatic rings. The fourth-order valence-electron chi connectivity index (χ4n) is 5.21. The Kier molecular flexibility index (Phi) is 6.84. The SMILES string of the molecule is COc1ccc(N2C(=S)N[C@@H](c3ccccn3)[C@@H]2c2cc(C)n(-c3cccc(Cl)c3C)c2C)c(OC)c1. The lowest BCUT2D eigenvalue weighted by atomic mass is 9.96. The van der Waals surface area contributed by atoms with E-state index in [4.69, 9.17) is 33.3 Å². The molecule has 0 amide bonds. The highest BCUT2D eigenvalue weighted by Gasteiger charge is 2.43. The number of benzene rings is 2. The Bertz CT molecular complexity index is 1470. The summed E-state index contributed by atoms with van der Waals surface area (Å²) in [5.41, 5.74) is 7.21. The highest BCUT2D eigenvalue weighted by molar-refractivity contribution is 7.80. The predicted octanol–water partition coefficient (Wildman–Crippen LogP) is 6.65. The molecule has 5 rings (SSSR count). The Hall–Kier alpha value is -3.55. The first-order valence-electron chi connectivity index (χ1n) is 12.0. The van der Waals surface area contributed by atoms with Crippen molar-refractivity contribution in [2.24, 2.45) is 0 Å². The van der Waals surface area contributed by atoms with Crippen LogP contribution in [0.4, 0.5) is 5.69 Å². The van der Waals surface area contributed by atoms with Crippen LogP contribution in [0.5, 0.6) is 11.5 Å². The van der Waals surface area contributed by atoms with Crippen molar-refractivity contribution in [1.29, 1.82) is 0 Å². The lowest BCUT2D eigenvalue weighted by molar-refractivity contribution is 0.394. The second-order valence-corrected chi connectivity index (χ2v) is 9.87. The molecule has 0 radical (unpaired) electrons. The number of hydrogen-bond donors (Lipinski definition) is 1. The molecule has 1 fully saturated rings. The van der Waals surface area contributed by atoms with Gasteiger partial charge in [-0.25, -0.2) is 0 Å². The quantitative estimate of drug-likeness (QED) is 0.281. The maximum atomic E-state index is 6.50. The van der Waals surface area contributed by atoms with Crippen molar-refractivity contribution in [2.75, 3.05) is 19.1 Å². The molecule has 2 aromatic heterocycles. The van der Waals surface area contributed by atoms with Crippen LogP contribution >= 0.6 is 23.8 Å². The summed E-state index contributed by atoms with van der Waals surface area (Å²) in [6, 6.07) is 19.6. The third-order valence-corrected chi connectivity index (χ3v) is 7.74. The van der Waals surface area contributed by atoms with Crippen molar-refractivity contribution in [3.63, 3.8) is 0 Å². The van der Waals surface area contributed by atoms with Gasteiger partial charge in [0.15, 0.2) is 5.11 Å². The van der Waals surface area contributed by atoms with E-state index >= 15 is 0 Å². The Labute approximate surface area is 227 Å². The van der Waals surface area contributed by atoms with Gasteiger partial charge in [0.2, 0.25) is 0 Å². The standard InChI is InChI=1S/C29H29ClN4O2S/c1-17-15-21(19(3)33(17)24-11-8-9-22(30)18(24)2)28-27(23-10-6-7-14-31-23)32-29(37)34(28)25-13-12-20(35-4)16-26(25)36-5/h6-16,27-28H,1-5H3,(H,32,37)/t27-,28-/m0/s1. The number of nitrogens with one attached hydrogen (secondary N) is 1. The van der Waals surface area contributed by atoms with E-state index in [0.29, 0.717) is 16.6 Å². The summed E-state index contributed by atoms with van der Waals surface area (Å²) < 4.78 is 13.5. The smallest absolute Gasteiger partial charge is 0.174 e. The minimum Gasteiger partial charge on any atom is -0.497 e. The molecule has 4 aromatic rings. The summed E-state index contributed by atoms with van der Waals surface area (Å²) in [6.45, 7) is 6.31. The van der Waals surface area contributed by atoms with Crippen molar-refractivity contribution >= 4 is 34.6 Å². The van der Waals surface area contributed by atoms with E-state index in [1.807, 2.05) is 61.7 Å². The fourth-order valence-corrected chi connectivity index (χ4v) is 5.72. The molecule has 190 valence electrons. The maximum absolute atomic E-state index is 6.50. The van der Waals surface area contributed by atoms with Crippen LogP contribution in [-0.2, 0) is 0 Å². The van der Waals surface area contributed by atoms with Crippen molar-refractivity contribution in [1.82, 2.24) is 14.9 Å². The van der Waals surface area contributed by atoms with Crippen molar-refractivity contribution < 1.29 is 9.47 Å². The van der Waals surface area contributed by atoms with Gasteiger partial charge in [0.05, 0.1) is 37.7 Å². The van der Waals surface area contributed by atoms with Gasteiger partial charge in [-0.2, -0.15) is 0 Å². The van der Waals surface area contributed by atoms with E-state index in [2.05, 4.69) is 45.7 Å². The molecule has 6 nitrogen and oxygen atoms in total. The van der Waals surface area contributed by atoms with Crippen LogP contribution < -0.4 is 19.7 Å². The van der Waals surface area contributed by atoms with E-state index in [0.717, 1.165) is 44.6 Å². The van der Waals surface area contributed by atoms with E-state index in [1.165, 1.54) is 0 Å². The largest absolute Gasteiger partial charge is 0.497 e. The van der Waals surface area contributed by atoms with Gasteiger partial charge in [0.25, 0.3) is 0 Å². The summed E-state index contributed by atoms with van der Waals surface area (Å²) in [6.07, 6.45) is 1.81. The Morgan fingerprint density at radius 1 is 0.946 bits per heavy atom. The average Bonchev–Trinajstić information content (AvgIpc) is 3.40. The summed E-state index contributed by atoms with van der Waals surface area (Å²) in [7, 11) is 3.30. The molecule has 3 heterocycles. The monoisotopic (exact) mass is 532 g/mol. The summed E-state index contributed by atoms with van der Waals surface area (Å²) >= 11 is 12.4. The molecule has 1 N–H and O–H groups in total. The highest BCUT2D eigenvalue weighted by atomic mass is 35.5. The minimum atomic E-state index is -0.177. The van der Waals surface area contributed by atoms with Gasteiger partial charge in [0, 0.05) is 34.4 Å². The van der Waals surface area contributed by atoms with E-state index in [1.54, 1.807) is 14.2 Å². The third kappa shape index (κ3) is 4.32. The van der Waals surface area contributed by atoms with Gasteiger partial charge in [-0.05, 0) is 86.6 Å². The first-order chi connectivity index (χ1) is 17.8. The maximum Gasteiger partial charge on any atom is 0.174 e. The van der Waals surface area contributed by atoms with Gasteiger partial charge in [-0.1, -0.05) is 23.7 Å². The predicted molar refractivity (Wildman–Crippen MR) is 152 cm³/mol. The van der Waals surface area contributed by atoms with Crippen molar-refractivity contribution in [3.8, 4) is 17.2 Å². The lowest BCUT2D eigenvalue weighted by Crippen LogP contribution is -2.30. The molecule has 0 aliphatic carbocycles. The van der Waals surface area contributed by atoms with E-state index in [-0.39, 0.29) is 12.1 Å². The van der Waals surface area contributed by atoms with E-state index < -0.39 is 0 Å². The molecule has 0 unspecified atom stereocenters. The summed E-state index contributed by atoms with van der Waals surface area (Å²) in [5.74, 6) is 1.39. The Morgan fingerprint density at radius 2 is 1.76 bits per heavy atom. The zero-order valence-electron chi connectivity index (χ0n) is 21.4. The Balaban J connectivity index is 1.72. The molecule has 0 saturated carbocycles. The first kappa shape index (κ1) is 25.1. The molecular formula is C29H29ClN4O2S. The molecule has 0 spiro atoms. The third-order valence-electron chi connectivity index (χ3n) is 7.01. The molecule has 2 atom stereocenters. The molecular weight excluding hydrogens is 504 g/mol. The fraction of sp³-hybridized carbons (Fsp3) is 0.241. The second kappa shape index (κ2) is 10.1. The summed E-state index contributed by atoms with van der Waals surface area (Å²) in [4.78, 5) is 6.82.